The molecule has 10 nitrogen and oxygen atoms in total. The summed E-state index contributed by atoms with van der Waals surface area (Å²) in [6.45, 7) is 14.2. The number of aromatic amines is 2. The average molecular weight is 513 g/mol. The van der Waals surface area contributed by atoms with Gasteiger partial charge in [0.2, 0.25) is 5.91 Å². The summed E-state index contributed by atoms with van der Waals surface area (Å²) in [5, 5.41) is 11.0. The van der Waals surface area contributed by atoms with Crippen LogP contribution in [0, 0.1) is 5.92 Å². The summed E-state index contributed by atoms with van der Waals surface area (Å²) in [6, 6.07) is 7.51. The van der Waals surface area contributed by atoms with Crippen LogP contribution in [0.3, 0.4) is 0 Å². The molecule has 2 amide bonds. The molecule has 0 saturated carbocycles. The van der Waals surface area contributed by atoms with Gasteiger partial charge in [0.15, 0.2) is 11.5 Å². The number of carbonyl (C=O) groups is 2. The normalized spacial score (nSPS) is 12.4. The number of hydrogen-bond donors (Lipinski definition) is 3. The Labute approximate surface area is 221 Å². The molecule has 0 aliphatic carbocycles. The maximum Gasteiger partial charge on any atom is 0.256 e. The summed E-state index contributed by atoms with van der Waals surface area (Å²) < 4.78 is 0. The highest BCUT2D eigenvalue weighted by atomic mass is 16.2. The van der Waals surface area contributed by atoms with Crippen LogP contribution < -0.4 is 5.32 Å². The Morgan fingerprint density at radius 1 is 1.24 bits per heavy atom. The van der Waals surface area contributed by atoms with Crippen LogP contribution in [0.2, 0.25) is 0 Å². The highest BCUT2D eigenvalue weighted by Crippen LogP contribution is 2.29. The van der Waals surface area contributed by atoms with Crippen molar-refractivity contribution in [1.29, 1.82) is 0 Å². The molecule has 196 valence electrons. The third kappa shape index (κ3) is 5.24. The first-order valence-corrected chi connectivity index (χ1v) is 12.5. The Balaban J connectivity index is 1.74. The van der Waals surface area contributed by atoms with Crippen molar-refractivity contribution in [3.05, 3.63) is 59.6 Å². The molecular weight excluding hydrogens is 480 g/mol. The first kappa shape index (κ1) is 26.5. The van der Waals surface area contributed by atoms with E-state index in [4.69, 9.17) is 4.98 Å². The summed E-state index contributed by atoms with van der Waals surface area (Å²) in [6.07, 6.45) is 5.05. The molecule has 3 heterocycles. The van der Waals surface area contributed by atoms with Crippen molar-refractivity contribution in [2.24, 2.45) is 10.9 Å². The number of aliphatic imine (C=N–C) groups is 1. The Hall–Kier alpha value is -4.60. The van der Waals surface area contributed by atoms with Gasteiger partial charge in [0.25, 0.3) is 5.91 Å². The van der Waals surface area contributed by atoms with E-state index in [-0.39, 0.29) is 17.7 Å². The number of para-hydroxylation sites is 1. The lowest BCUT2D eigenvalue weighted by Crippen LogP contribution is -2.30. The number of nitrogens with one attached hydrogen (secondary N) is 3. The van der Waals surface area contributed by atoms with Gasteiger partial charge in [-0.2, -0.15) is 5.10 Å². The van der Waals surface area contributed by atoms with Gasteiger partial charge in [0.05, 0.1) is 22.2 Å². The van der Waals surface area contributed by atoms with Crippen LogP contribution in [-0.4, -0.2) is 61.7 Å². The fourth-order valence-corrected chi connectivity index (χ4v) is 4.11. The molecule has 10 heteroatoms. The second-order valence-corrected chi connectivity index (χ2v) is 9.20. The number of amides is 2. The zero-order valence-electron chi connectivity index (χ0n) is 22.3. The van der Waals surface area contributed by atoms with Gasteiger partial charge in [0, 0.05) is 31.4 Å². The molecule has 38 heavy (non-hydrogen) atoms. The number of pyridine rings is 1. The number of carbonyl (C=O) groups excluding carboxylic acids is 2. The Morgan fingerprint density at radius 3 is 2.68 bits per heavy atom. The number of benzene rings is 1. The van der Waals surface area contributed by atoms with Crippen LogP contribution in [0.5, 0.6) is 0 Å². The Morgan fingerprint density at radius 2 is 2.00 bits per heavy atom. The molecule has 3 N–H and O–H groups in total. The monoisotopic (exact) mass is 512 g/mol. The zero-order chi connectivity index (χ0) is 27.4. The van der Waals surface area contributed by atoms with E-state index >= 15 is 0 Å². The van der Waals surface area contributed by atoms with Crippen LogP contribution in [-0.2, 0) is 4.79 Å². The second-order valence-electron chi connectivity index (χ2n) is 9.20. The molecule has 1 aromatic carbocycles. The van der Waals surface area contributed by atoms with Gasteiger partial charge in [-0.15, -0.1) is 0 Å². The van der Waals surface area contributed by atoms with Crippen molar-refractivity contribution in [2.75, 3.05) is 13.1 Å². The molecule has 4 rings (SSSR count). The minimum Gasteiger partial charge on any atom is -0.339 e. The van der Waals surface area contributed by atoms with Crippen molar-refractivity contribution in [1.82, 2.24) is 35.4 Å². The topological polar surface area (TPSA) is 132 Å². The van der Waals surface area contributed by atoms with E-state index in [0.29, 0.717) is 47.0 Å². The van der Waals surface area contributed by atoms with Crippen molar-refractivity contribution < 1.29 is 9.59 Å². The summed E-state index contributed by atoms with van der Waals surface area (Å²) in [5.74, 6) is 0.220. The molecule has 0 saturated heterocycles. The van der Waals surface area contributed by atoms with Gasteiger partial charge in [0.1, 0.15) is 11.2 Å². The first-order chi connectivity index (χ1) is 18.3. The van der Waals surface area contributed by atoms with Crippen molar-refractivity contribution in [3.8, 4) is 11.5 Å². The van der Waals surface area contributed by atoms with Gasteiger partial charge in [-0.25, -0.2) is 9.97 Å². The minimum absolute atomic E-state index is 0.0553. The summed E-state index contributed by atoms with van der Waals surface area (Å²) in [4.78, 5) is 43.5. The van der Waals surface area contributed by atoms with Gasteiger partial charge in [-0.05, 0) is 62.9 Å². The first-order valence-electron chi connectivity index (χ1n) is 12.5. The fourth-order valence-electron chi connectivity index (χ4n) is 4.11. The predicted octanol–water partition coefficient (Wildman–Crippen LogP) is 4.70. The molecule has 0 aliphatic rings. The van der Waals surface area contributed by atoms with Gasteiger partial charge < -0.3 is 15.2 Å². The van der Waals surface area contributed by atoms with E-state index < -0.39 is 0 Å². The summed E-state index contributed by atoms with van der Waals surface area (Å²) >= 11 is 0. The number of imidazole rings is 1. The third-order valence-electron chi connectivity index (χ3n) is 6.29. The number of fused-ring (bicyclic) bond motifs is 2. The van der Waals surface area contributed by atoms with E-state index in [1.807, 2.05) is 58.9 Å². The van der Waals surface area contributed by atoms with E-state index in [9.17, 15) is 9.59 Å². The summed E-state index contributed by atoms with van der Waals surface area (Å²) in [7, 11) is 0. The van der Waals surface area contributed by atoms with Crippen LogP contribution in [0.25, 0.3) is 39.2 Å². The molecule has 0 bridgehead atoms. The van der Waals surface area contributed by atoms with Gasteiger partial charge >= 0.3 is 0 Å². The molecule has 0 aliphatic heterocycles. The highest BCUT2D eigenvalue weighted by Gasteiger charge is 2.20. The smallest absolute Gasteiger partial charge is 0.256 e. The molecule has 4 aromatic rings. The van der Waals surface area contributed by atoms with E-state index in [0.717, 1.165) is 22.0 Å². The number of nitrogens with zero attached hydrogens (tertiary/aromatic N) is 5. The number of allylic oxidation sites excluding steroid dienone is 2. The number of rotatable bonds is 9. The van der Waals surface area contributed by atoms with Gasteiger partial charge in [-0.1, -0.05) is 19.9 Å². The molecule has 0 unspecified atom stereocenters. The van der Waals surface area contributed by atoms with Crippen LogP contribution in [0.1, 0.15) is 50.5 Å². The van der Waals surface area contributed by atoms with Crippen LogP contribution in [0.4, 0.5) is 0 Å². The maximum absolute atomic E-state index is 13.1. The fraction of sp³-hybridized carbons (Fsp3) is 0.286. The number of hydrogen-bond acceptors (Lipinski definition) is 6. The van der Waals surface area contributed by atoms with Crippen molar-refractivity contribution in [3.63, 3.8) is 0 Å². The molecular formula is C28H32N8O2. The lowest BCUT2D eigenvalue weighted by molar-refractivity contribution is -0.123. The molecule has 0 radical (unpaired) electrons. The predicted molar refractivity (Wildman–Crippen MR) is 150 cm³/mol. The third-order valence-corrected chi connectivity index (χ3v) is 6.29. The van der Waals surface area contributed by atoms with E-state index in [1.165, 1.54) is 6.20 Å². The molecule has 0 spiro atoms. The zero-order valence-corrected chi connectivity index (χ0v) is 22.3. The number of aromatic nitrogens is 5. The lowest BCUT2D eigenvalue weighted by Gasteiger charge is -2.18. The van der Waals surface area contributed by atoms with Gasteiger partial charge in [-0.3, -0.25) is 19.7 Å². The number of H-pyrrole nitrogens is 2. The largest absolute Gasteiger partial charge is 0.339 e. The van der Waals surface area contributed by atoms with E-state index in [1.54, 1.807) is 17.2 Å². The van der Waals surface area contributed by atoms with Crippen LogP contribution >= 0.6 is 0 Å². The van der Waals surface area contributed by atoms with Crippen LogP contribution in [0.15, 0.2) is 53.4 Å². The van der Waals surface area contributed by atoms with E-state index in [2.05, 4.69) is 37.2 Å². The minimum atomic E-state index is -0.171. The standard InChI is InChI=1S/C28H32N8O2/c1-7-36(8-2)28(38)20-10-9-11-22-23(20)33-26(32-22)24-21-13-18(14-30-25(21)35-34-24)17(5)12-19(15-29-6)31-27(37)16(3)4/h9-16H,6-8H2,1-5H3,(H,31,37)(H,32,33)(H,30,34,35)/b17-12+,19-15+. The molecule has 0 atom stereocenters. The second kappa shape index (κ2) is 11.2. The van der Waals surface area contributed by atoms with Crippen molar-refractivity contribution in [2.45, 2.75) is 34.6 Å². The highest BCUT2D eigenvalue weighted by molar-refractivity contribution is 6.06. The Kier molecular flexibility index (Phi) is 7.80. The van der Waals surface area contributed by atoms with Crippen molar-refractivity contribution >= 4 is 46.2 Å². The maximum atomic E-state index is 13.1. The Bertz CT molecular complexity index is 1570. The SMILES string of the molecule is C=N/C=C(\C=C(/C)c1cnc2n[nH]c(-c3nc4c(C(=O)N(CC)CC)cccc4[nH]3)c2c1)NC(=O)C(C)C. The average Bonchev–Trinajstić information content (AvgIpc) is 3.52. The molecule has 3 aromatic heterocycles. The lowest BCUT2D eigenvalue weighted by atomic mass is 10.1. The quantitative estimate of drug-likeness (QED) is 0.221. The molecule has 0 fully saturated rings. The summed E-state index contributed by atoms with van der Waals surface area (Å²) in [5.41, 5.74) is 5.34.